The lowest BCUT2D eigenvalue weighted by Gasteiger charge is -2.23. The molecule has 0 heterocycles. The molecule has 0 saturated heterocycles. The Bertz CT molecular complexity index is 512. The van der Waals surface area contributed by atoms with Gasteiger partial charge in [0.05, 0.1) is 0 Å². The average molecular weight is 401 g/mol. The molecule has 1 aliphatic carbocycles. The zero-order valence-corrected chi connectivity index (χ0v) is 14.0. The molecule has 1 fully saturated rings. The molecule has 21 heavy (non-hydrogen) atoms. The first-order chi connectivity index (χ1) is 10.1. The van der Waals surface area contributed by atoms with Crippen LogP contribution < -0.4 is 5.32 Å². The van der Waals surface area contributed by atoms with E-state index in [1.807, 2.05) is 24.3 Å². The molecule has 1 aromatic carbocycles. The Morgan fingerprint density at radius 1 is 1.29 bits per heavy atom. The second kappa shape index (κ2) is 7.77. The highest BCUT2D eigenvalue weighted by Gasteiger charge is 2.26. The van der Waals surface area contributed by atoms with Crippen LogP contribution in [0.25, 0.3) is 0 Å². The quantitative estimate of drug-likeness (QED) is 0.746. The Kier molecular flexibility index (Phi) is 6.02. The van der Waals surface area contributed by atoms with Gasteiger partial charge < -0.3 is 10.4 Å². The van der Waals surface area contributed by atoms with Crippen LogP contribution in [0.1, 0.15) is 37.7 Å². The van der Waals surface area contributed by atoms with Crippen molar-refractivity contribution >= 4 is 34.5 Å². The fourth-order valence-corrected chi connectivity index (χ4v) is 3.36. The number of carboxylic acid groups (broad SMARTS) is 1. The molecule has 0 aliphatic heterocycles. The van der Waals surface area contributed by atoms with Crippen molar-refractivity contribution in [2.75, 3.05) is 0 Å². The van der Waals surface area contributed by atoms with Crippen LogP contribution in [-0.2, 0) is 16.0 Å². The molecular weight excluding hydrogens is 381 g/mol. The second-order valence-electron chi connectivity index (χ2n) is 5.57. The molecule has 2 N–H and O–H groups in total. The molecule has 0 bridgehead atoms. The maximum Gasteiger partial charge on any atom is 0.326 e. The summed E-state index contributed by atoms with van der Waals surface area (Å²) in [5, 5.41) is 12.0. The summed E-state index contributed by atoms with van der Waals surface area (Å²) in [5.41, 5.74) is 0.929. The van der Waals surface area contributed by atoms with Crippen LogP contribution in [0.3, 0.4) is 0 Å². The van der Waals surface area contributed by atoms with E-state index in [9.17, 15) is 14.7 Å². The van der Waals surface area contributed by atoms with E-state index in [0.717, 1.165) is 34.8 Å². The van der Waals surface area contributed by atoms with Crippen LogP contribution in [0.5, 0.6) is 0 Å². The number of hydrogen-bond donors (Lipinski definition) is 2. The van der Waals surface area contributed by atoms with E-state index in [1.165, 1.54) is 6.42 Å². The van der Waals surface area contributed by atoms with E-state index >= 15 is 0 Å². The number of carbonyl (C=O) groups excluding carboxylic acids is 1. The largest absolute Gasteiger partial charge is 0.480 e. The minimum atomic E-state index is -0.974. The SMILES string of the molecule is O=C(NC(Cc1cccc(I)c1)C(=O)O)C1CCCCC1. The number of benzene rings is 1. The van der Waals surface area contributed by atoms with Gasteiger partial charge in [-0.05, 0) is 53.1 Å². The highest BCUT2D eigenvalue weighted by Crippen LogP contribution is 2.23. The summed E-state index contributed by atoms with van der Waals surface area (Å²) in [6.07, 6.45) is 5.38. The Morgan fingerprint density at radius 3 is 2.62 bits per heavy atom. The van der Waals surface area contributed by atoms with Gasteiger partial charge in [-0.2, -0.15) is 0 Å². The third kappa shape index (κ3) is 4.98. The molecule has 0 aromatic heterocycles. The number of halogens is 1. The lowest BCUT2D eigenvalue weighted by molar-refractivity contribution is -0.142. The lowest BCUT2D eigenvalue weighted by atomic mass is 9.88. The van der Waals surface area contributed by atoms with Gasteiger partial charge in [-0.15, -0.1) is 0 Å². The molecule has 1 saturated carbocycles. The molecule has 1 atom stereocenters. The first kappa shape index (κ1) is 16.3. The molecule has 1 aliphatic rings. The fraction of sp³-hybridized carbons (Fsp3) is 0.500. The summed E-state index contributed by atoms with van der Waals surface area (Å²) in [4.78, 5) is 23.6. The summed E-state index contributed by atoms with van der Waals surface area (Å²) < 4.78 is 1.06. The summed E-state index contributed by atoms with van der Waals surface area (Å²) in [5.74, 6) is -1.10. The Labute approximate surface area is 138 Å². The molecular formula is C16H20INO3. The van der Waals surface area contributed by atoms with Crippen molar-refractivity contribution < 1.29 is 14.7 Å². The Morgan fingerprint density at radius 2 is 2.00 bits per heavy atom. The molecule has 5 heteroatoms. The van der Waals surface area contributed by atoms with Crippen molar-refractivity contribution in [1.29, 1.82) is 0 Å². The van der Waals surface area contributed by atoms with Crippen molar-refractivity contribution in [2.24, 2.45) is 5.92 Å². The van der Waals surface area contributed by atoms with E-state index < -0.39 is 12.0 Å². The Balaban J connectivity index is 1.98. The summed E-state index contributed by atoms with van der Waals surface area (Å²) >= 11 is 2.20. The number of hydrogen-bond acceptors (Lipinski definition) is 2. The first-order valence-electron chi connectivity index (χ1n) is 7.34. The Hall–Kier alpha value is -1.11. The predicted octanol–water partition coefficient (Wildman–Crippen LogP) is 2.98. The number of carboxylic acids is 1. The highest BCUT2D eigenvalue weighted by molar-refractivity contribution is 14.1. The smallest absolute Gasteiger partial charge is 0.326 e. The van der Waals surface area contributed by atoms with Crippen molar-refractivity contribution in [3.8, 4) is 0 Å². The van der Waals surface area contributed by atoms with E-state index in [2.05, 4.69) is 27.9 Å². The van der Waals surface area contributed by atoms with Gasteiger partial charge in [0.25, 0.3) is 0 Å². The number of carbonyl (C=O) groups is 2. The van der Waals surface area contributed by atoms with Gasteiger partial charge in [-0.3, -0.25) is 4.79 Å². The maximum atomic E-state index is 12.2. The highest BCUT2D eigenvalue weighted by atomic mass is 127. The van der Waals surface area contributed by atoms with E-state index in [-0.39, 0.29) is 11.8 Å². The molecule has 114 valence electrons. The lowest BCUT2D eigenvalue weighted by Crippen LogP contribution is -2.45. The van der Waals surface area contributed by atoms with Gasteiger partial charge in [0, 0.05) is 15.9 Å². The molecule has 1 unspecified atom stereocenters. The van der Waals surface area contributed by atoms with Crippen molar-refractivity contribution in [1.82, 2.24) is 5.32 Å². The van der Waals surface area contributed by atoms with Crippen molar-refractivity contribution in [2.45, 2.75) is 44.6 Å². The normalized spacial score (nSPS) is 17.2. The summed E-state index contributed by atoms with van der Waals surface area (Å²) in [7, 11) is 0. The van der Waals surface area contributed by atoms with Crippen molar-refractivity contribution in [3.05, 3.63) is 33.4 Å². The topological polar surface area (TPSA) is 66.4 Å². The van der Waals surface area contributed by atoms with Gasteiger partial charge in [-0.1, -0.05) is 31.4 Å². The molecule has 1 amide bonds. The summed E-state index contributed by atoms with van der Waals surface area (Å²) in [6, 6.07) is 6.85. The summed E-state index contributed by atoms with van der Waals surface area (Å²) in [6.45, 7) is 0. The van der Waals surface area contributed by atoms with E-state index in [0.29, 0.717) is 6.42 Å². The van der Waals surface area contributed by atoms with Crippen LogP contribution in [0.2, 0.25) is 0 Å². The van der Waals surface area contributed by atoms with Gasteiger partial charge >= 0.3 is 5.97 Å². The minimum Gasteiger partial charge on any atom is -0.480 e. The number of amides is 1. The predicted molar refractivity (Wildman–Crippen MR) is 89.0 cm³/mol. The van der Waals surface area contributed by atoms with Crippen LogP contribution >= 0.6 is 22.6 Å². The number of aliphatic carboxylic acids is 1. The third-order valence-electron chi connectivity index (χ3n) is 3.92. The molecule has 0 spiro atoms. The molecule has 4 nitrogen and oxygen atoms in total. The van der Waals surface area contributed by atoms with Crippen LogP contribution in [0.4, 0.5) is 0 Å². The van der Waals surface area contributed by atoms with E-state index in [1.54, 1.807) is 0 Å². The van der Waals surface area contributed by atoms with Gasteiger partial charge in [0.2, 0.25) is 5.91 Å². The van der Waals surface area contributed by atoms with E-state index in [4.69, 9.17) is 0 Å². The van der Waals surface area contributed by atoms with Crippen molar-refractivity contribution in [3.63, 3.8) is 0 Å². The molecule has 0 radical (unpaired) electrons. The maximum absolute atomic E-state index is 12.2. The van der Waals surface area contributed by atoms with Crippen LogP contribution in [0.15, 0.2) is 24.3 Å². The van der Waals surface area contributed by atoms with Gasteiger partial charge in [0.15, 0.2) is 0 Å². The second-order valence-corrected chi connectivity index (χ2v) is 6.81. The molecule has 1 aromatic rings. The number of rotatable bonds is 5. The zero-order chi connectivity index (χ0) is 15.2. The monoisotopic (exact) mass is 401 g/mol. The fourth-order valence-electron chi connectivity index (χ4n) is 2.75. The van der Waals surface area contributed by atoms with Gasteiger partial charge in [0.1, 0.15) is 6.04 Å². The van der Waals surface area contributed by atoms with Gasteiger partial charge in [-0.25, -0.2) is 4.79 Å². The van der Waals surface area contributed by atoms with Crippen LogP contribution in [-0.4, -0.2) is 23.0 Å². The first-order valence-corrected chi connectivity index (χ1v) is 8.42. The average Bonchev–Trinajstić information content (AvgIpc) is 2.47. The number of nitrogens with one attached hydrogen (secondary N) is 1. The van der Waals surface area contributed by atoms with Crippen LogP contribution in [0, 0.1) is 9.49 Å². The molecule has 2 rings (SSSR count). The third-order valence-corrected chi connectivity index (χ3v) is 4.59. The zero-order valence-electron chi connectivity index (χ0n) is 11.8. The standard InChI is InChI=1S/C16H20INO3/c17-13-8-4-5-11(9-13)10-14(16(20)21)18-15(19)12-6-2-1-3-7-12/h4-5,8-9,12,14H,1-3,6-7,10H2,(H,18,19)(H,20,21). The minimum absolute atomic E-state index is 0.0171.